The second-order valence-electron chi connectivity index (χ2n) is 14.0. The van der Waals surface area contributed by atoms with Gasteiger partial charge >= 0.3 is 12.2 Å². The lowest BCUT2D eigenvalue weighted by Gasteiger charge is -2.19. The van der Waals surface area contributed by atoms with Crippen molar-refractivity contribution in [2.75, 3.05) is 6.61 Å². The van der Waals surface area contributed by atoms with Crippen LogP contribution in [0, 0.1) is 0 Å². The molecule has 3 aromatic carbocycles. The lowest BCUT2D eigenvalue weighted by atomic mass is 10.0. The zero-order chi connectivity index (χ0) is 36.7. The van der Waals surface area contributed by atoms with Crippen molar-refractivity contribution in [3.8, 4) is 11.3 Å². The average Bonchev–Trinajstić information content (AvgIpc) is 3.78. The van der Waals surface area contributed by atoms with Gasteiger partial charge in [0.05, 0.1) is 22.2 Å². The topological polar surface area (TPSA) is 124 Å². The molecule has 0 fully saturated rings. The summed E-state index contributed by atoms with van der Waals surface area (Å²) < 4.78 is 21.2. The van der Waals surface area contributed by atoms with E-state index >= 15 is 0 Å². The number of ether oxygens (including phenoxy) is 3. The van der Waals surface area contributed by atoms with Gasteiger partial charge in [0.25, 0.3) is 0 Å². The van der Waals surface area contributed by atoms with E-state index in [-0.39, 0.29) is 41.7 Å². The molecule has 0 amide bonds. The lowest BCUT2D eigenvalue weighted by molar-refractivity contribution is 0.0533. The van der Waals surface area contributed by atoms with E-state index in [0.717, 1.165) is 0 Å². The predicted molar refractivity (Wildman–Crippen MR) is 193 cm³/mol. The molecule has 0 radical (unpaired) electrons. The van der Waals surface area contributed by atoms with Crippen molar-refractivity contribution in [3.05, 3.63) is 114 Å². The number of benzene rings is 3. The molecule has 0 unspecified atom stereocenters. The number of rotatable bonds is 8. The number of nitrogens with zero attached hydrogens (tertiary/aromatic N) is 4. The molecule has 0 spiro atoms. The number of hydrogen-bond acceptors (Lipinski definition) is 8. The molecule has 262 valence electrons. The first-order valence-electron chi connectivity index (χ1n) is 16.7. The van der Waals surface area contributed by atoms with Crippen LogP contribution in [0.4, 0.5) is 9.59 Å². The van der Waals surface area contributed by atoms with Gasteiger partial charge < -0.3 is 14.2 Å². The molecule has 0 bridgehead atoms. The van der Waals surface area contributed by atoms with Crippen molar-refractivity contribution in [3.63, 3.8) is 0 Å². The third-order valence-electron chi connectivity index (χ3n) is 7.95. The molecule has 0 aliphatic carbocycles. The molecule has 0 N–H and O–H groups in total. The Balaban J connectivity index is 1.57. The predicted octanol–water partition coefficient (Wildman–Crippen LogP) is 8.48. The number of ketones is 2. The minimum atomic E-state index is -0.773. The summed E-state index contributed by atoms with van der Waals surface area (Å²) in [6, 6.07) is 23.1. The van der Waals surface area contributed by atoms with Crippen LogP contribution < -0.4 is 0 Å². The van der Waals surface area contributed by atoms with Crippen LogP contribution in [0.25, 0.3) is 33.1 Å². The fourth-order valence-electron chi connectivity index (χ4n) is 5.86. The van der Waals surface area contributed by atoms with Crippen molar-refractivity contribution >= 4 is 45.6 Å². The number of imidazole rings is 1. The van der Waals surface area contributed by atoms with Gasteiger partial charge in [0, 0.05) is 35.3 Å². The number of carbonyl (C=O) groups excluding carboxylic acids is 4. The molecular weight excluding hydrogens is 648 g/mol. The van der Waals surface area contributed by atoms with E-state index in [0.29, 0.717) is 27.4 Å². The molecule has 11 heteroatoms. The Morgan fingerprint density at radius 3 is 1.61 bits per heavy atom. The lowest BCUT2D eigenvalue weighted by Crippen LogP contribution is -2.26. The quantitative estimate of drug-likeness (QED) is 0.146. The van der Waals surface area contributed by atoms with E-state index in [1.165, 1.54) is 26.1 Å². The van der Waals surface area contributed by atoms with Crippen LogP contribution in [0.1, 0.15) is 80.7 Å². The third kappa shape index (κ3) is 6.98. The Hall–Kier alpha value is -5.81. The van der Waals surface area contributed by atoms with Gasteiger partial charge in [-0.05, 0) is 60.6 Å². The van der Waals surface area contributed by atoms with Crippen LogP contribution in [0.3, 0.4) is 0 Å². The molecule has 0 saturated heterocycles. The second kappa shape index (κ2) is 13.5. The second-order valence-corrected chi connectivity index (χ2v) is 14.0. The first-order valence-corrected chi connectivity index (χ1v) is 16.7. The van der Waals surface area contributed by atoms with Crippen LogP contribution in [-0.2, 0) is 20.9 Å². The number of carbonyl (C=O) groups is 4. The van der Waals surface area contributed by atoms with Crippen molar-refractivity contribution < 1.29 is 33.4 Å². The Labute approximate surface area is 295 Å². The van der Waals surface area contributed by atoms with Crippen molar-refractivity contribution in [1.82, 2.24) is 18.7 Å². The molecule has 11 nitrogen and oxygen atoms in total. The molecule has 51 heavy (non-hydrogen) atoms. The molecule has 0 aliphatic heterocycles. The maximum absolute atomic E-state index is 14.9. The van der Waals surface area contributed by atoms with E-state index in [4.69, 9.17) is 19.2 Å². The number of hydrogen-bond donors (Lipinski definition) is 0. The molecule has 0 saturated carbocycles. The first kappa shape index (κ1) is 35.0. The molecule has 3 heterocycles. The summed E-state index contributed by atoms with van der Waals surface area (Å²) in [6.45, 7) is 12.5. The highest BCUT2D eigenvalue weighted by Crippen LogP contribution is 2.33. The summed E-state index contributed by atoms with van der Waals surface area (Å²) >= 11 is 0. The van der Waals surface area contributed by atoms with E-state index in [1.807, 2.05) is 18.2 Å². The van der Waals surface area contributed by atoms with Gasteiger partial charge in [0.15, 0.2) is 5.82 Å². The fraction of sp³-hybridized carbons (Fsp3) is 0.275. The zero-order valence-electron chi connectivity index (χ0n) is 29.7. The first-order chi connectivity index (χ1) is 24.2. The Kier molecular flexibility index (Phi) is 9.26. The summed E-state index contributed by atoms with van der Waals surface area (Å²) in [5.74, 6) is -1.07. The van der Waals surface area contributed by atoms with Crippen molar-refractivity contribution in [2.24, 2.45) is 0 Å². The third-order valence-corrected chi connectivity index (χ3v) is 7.95. The maximum Gasteiger partial charge on any atom is 0.419 e. The maximum atomic E-state index is 14.9. The SMILES string of the molecule is CCOCn1c(C(=O)c2cn(C(=O)OC(C)(C)C)c3ccccc23)nc(-c2ccccc2)c1C(=O)c1cn(C(=O)OC(C)(C)C)c2ccccc12. The van der Waals surface area contributed by atoms with Crippen LogP contribution in [0.5, 0.6) is 0 Å². The fourth-order valence-corrected chi connectivity index (χ4v) is 5.86. The normalized spacial score (nSPS) is 12.0. The molecule has 6 rings (SSSR count). The van der Waals surface area contributed by atoms with Gasteiger partial charge in [0.1, 0.15) is 29.3 Å². The summed E-state index contributed by atoms with van der Waals surface area (Å²) in [7, 11) is 0. The van der Waals surface area contributed by atoms with Gasteiger partial charge in [-0.15, -0.1) is 0 Å². The Morgan fingerprint density at radius 1 is 0.647 bits per heavy atom. The van der Waals surface area contributed by atoms with Crippen LogP contribution in [0.15, 0.2) is 91.3 Å². The van der Waals surface area contributed by atoms with E-state index < -0.39 is 35.0 Å². The Bertz CT molecular complexity index is 2300. The highest BCUT2D eigenvalue weighted by atomic mass is 16.6. The molecule has 6 aromatic rings. The minimum Gasteiger partial charge on any atom is -0.443 e. The van der Waals surface area contributed by atoms with E-state index in [2.05, 4.69) is 0 Å². The highest BCUT2D eigenvalue weighted by Gasteiger charge is 2.33. The van der Waals surface area contributed by atoms with Gasteiger partial charge in [-0.1, -0.05) is 66.7 Å². The average molecular weight is 689 g/mol. The smallest absolute Gasteiger partial charge is 0.419 e. The van der Waals surface area contributed by atoms with Gasteiger partial charge in [0.2, 0.25) is 11.6 Å². The number of aromatic nitrogens is 4. The molecular formula is C40H40N4O7. The molecule has 0 aliphatic rings. The largest absolute Gasteiger partial charge is 0.443 e. The summed E-state index contributed by atoms with van der Waals surface area (Å²) in [6.07, 6.45) is 1.63. The van der Waals surface area contributed by atoms with Crippen LogP contribution in [-0.4, -0.2) is 60.2 Å². The van der Waals surface area contributed by atoms with Gasteiger partial charge in [-0.2, -0.15) is 0 Å². The summed E-state index contributed by atoms with van der Waals surface area (Å²) in [4.78, 5) is 61.1. The van der Waals surface area contributed by atoms with E-state index in [1.54, 1.807) is 109 Å². The van der Waals surface area contributed by atoms with E-state index in [9.17, 15) is 19.2 Å². The Morgan fingerprint density at radius 2 is 1.12 bits per heavy atom. The van der Waals surface area contributed by atoms with Gasteiger partial charge in [-0.25, -0.2) is 14.6 Å². The van der Waals surface area contributed by atoms with Crippen LogP contribution >= 0.6 is 0 Å². The highest BCUT2D eigenvalue weighted by molar-refractivity contribution is 6.21. The molecule has 0 atom stereocenters. The van der Waals surface area contributed by atoms with Crippen molar-refractivity contribution in [1.29, 1.82) is 0 Å². The number of para-hydroxylation sites is 2. The zero-order valence-corrected chi connectivity index (χ0v) is 29.7. The summed E-state index contributed by atoms with van der Waals surface area (Å²) in [5.41, 5.74) is 0.779. The van der Waals surface area contributed by atoms with Gasteiger partial charge in [-0.3, -0.25) is 23.3 Å². The standard InChI is InChI=1S/C40H40N4O7/c1-8-49-24-44-33(34(45)28-22-42(37(47)50-39(2,3)4)30-20-14-12-18-26(28)30)32(25-16-10-9-11-17-25)41-36(44)35(46)29-23-43(38(48)51-40(5,6)7)31-21-15-13-19-27(29)31/h9-23H,8,24H2,1-7H3. The van der Waals surface area contributed by atoms with Crippen molar-refractivity contribution in [2.45, 2.75) is 66.4 Å². The van der Waals surface area contributed by atoms with Crippen LogP contribution in [0.2, 0.25) is 0 Å². The summed E-state index contributed by atoms with van der Waals surface area (Å²) in [5, 5.41) is 1.03. The minimum absolute atomic E-state index is 0.0615. The monoisotopic (exact) mass is 688 g/mol. The number of fused-ring (bicyclic) bond motifs is 2. The molecule has 3 aromatic heterocycles.